The second-order valence-corrected chi connectivity index (χ2v) is 9.40. The fourth-order valence-electron chi connectivity index (χ4n) is 3.60. The lowest BCUT2D eigenvalue weighted by atomic mass is 10.1. The molecule has 5 rings (SSSR count). The van der Waals surface area contributed by atoms with Gasteiger partial charge in [-0.1, -0.05) is 12.1 Å². The van der Waals surface area contributed by atoms with Crippen LogP contribution in [0.15, 0.2) is 108 Å². The third-order valence-corrected chi connectivity index (χ3v) is 6.59. The van der Waals surface area contributed by atoms with Gasteiger partial charge in [0, 0.05) is 46.7 Å². The van der Waals surface area contributed by atoms with Gasteiger partial charge < -0.3 is 10.6 Å². The zero-order valence-corrected chi connectivity index (χ0v) is 19.1. The van der Waals surface area contributed by atoms with E-state index in [4.69, 9.17) is 0 Å². The summed E-state index contributed by atoms with van der Waals surface area (Å²) >= 11 is 0. The molecule has 9 heteroatoms. The van der Waals surface area contributed by atoms with Gasteiger partial charge in [0.2, 0.25) is 0 Å². The number of pyridine rings is 2. The highest BCUT2D eigenvalue weighted by molar-refractivity contribution is 7.92. The second kappa shape index (κ2) is 9.40. The van der Waals surface area contributed by atoms with Crippen LogP contribution in [0.5, 0.6) is 0 Å². The Morgan fingerprint density at radius 1 is 0.686 bits per heavy atom. The van der Waals surface area contributed by atoms with E-state index >= 15 is 0 Å². The van der Waals surface area contributed by atoms with Crippen molar-refractivity contribution >= 4 is 49.4 Å². The number of aromatic nitrogens is 2. The summed E-state index contributed by atoms with van der Waals surface area (Å²) in [5.74, 6) is -0.380. The molecule has 0 radical (unpaired) electrons. The van der Waals surface area contributed by atoms with E-state index in [1.807, 2.05) is 18.2 Å². The van der Waals surface area contributed by atoms with Crippen LogP contribution in [0.2, 0.25) is 0 Å². The van der Waals surface area contributed by atoms with Crippen LogP contribution < -0.4 is 15.4 Å². The molecule has 0 spiro atoms. The molecule has 2 aromatic heterocycles. The number of halogens is 1. The third kappa shape index (κ3) is 5.20. The van der Waals surface area contributed by atoms with Gasteiger partial charge >= 0.3 is 0 Å². The Balaban J connectivity index is 1.38. The van der Waals surface area contributed by atoms with Crippen LogP contribution in [-0.2, 0) is 10.0 Å². The fraction of sp³-hybridized carbons (Fsp3) is 0. The van der Waals surface area contributed by atoms with Crippen LogP contribution >= 0.6 is 0 Å². The summed E-state index contributed by atoms with van der Waals surface area (Å²) in [5, 5.41) is 6.98. The topological polar surface area (TPSA) is 96.0 Å². The molecule has 0 atom stereocenters. The summed E-state index contributed by atoms with van der Waals surface area (Å²) in [4.78, 5) is 8.31. The van der Waals surface area contributed by atoms with Crippen LogP contribution in [0.1, 0.15) is 0 Å². The number of nitrogens with one attached hydrogen (secondary N) is 3. The van der Waals surface area contributed by atoms with E-state index in [0.717, 1.165) is 11.4 Å². The lowest BCUT2D eigenvalue weighted by Crippen LogP contribution is -2.13. The second-order valence-electron chi connectivity index (χ2n) is 7.72. The van der Waals surface area contributed by atoms with E-state index in [9.17, 15) is 12.8 Å². The predicted molar refractivity (Wildman–Crippen MR) is 136 cm³/mol. The molecule has 0 bridgehead atoms. The number of sulfonamides is 1. The molecule has 174 valence electrons. The molecule has 0 amide bonds. The van der Waals surface area contributed by atoms with Gasteiger partial charge in [-0.3, -0.25) is 14.7 Å². The number of nitrogens with zero attached hydrogens (tertiary/aromatic N) is 2. The normalized spacial score (nSPS) is 11.2. The molecule has 3 N–H and O–H groups in total. The first-order chi connectivity index (χ1) is 17.0. The van der Waals surface area contributed by atoms with Gasteiger partial charge in [0.1, 0.15) is 5.82 Å². The number of hydrogen-bond donors (Lipinski definition) is 3. The maximum absolute atomic E-state index is 13.8. The summed E-state index contributed by atoms with van der Waals surface area (Å²) in [6.07, 6.45) is 4.94. The zero-order chi connectivity index (χ0) is 24.3. The van der Waals surface area contributed by atoms with Gasteiger partial charge in [-0.25, -0.2) is 12.8 Å². The molecule has 35 heavy (non-hydrogen) atoms. The van der Waals surface area contributed by atoms with Crippen molar-refractivity contribution in [1.29, 1.82) is 0 Å². The van der Waals surface area contributed by atoms with Crippen molar-refractivity contribution in [3.63, 3.8) is 0 Å². The summed E-state index contributed by atoms with van der Waals surface area (Å²) in [5.41, 5.74) is 3.76. The van der Waals surface area contributed by atoms with Gasteiger partial charge in [0.25, 0.3) is 10.0 Å². The highest BCUT2D eigenvalue weighted by Crippen LogP contribution is 2.28. The smallest absolute Gasteiger partial charge is 0.261 e. The lowest BCUT2D eigenvalue weighted by Gasteiger charge is -2.13. The molecule has 3 aromatic carbocycles. The van der Waals surface area contributed by atoms with Crippen molar-refractivity contribution in [3.8, 4) is 0 Å². The fourth-order valence-corrected chi connectivity index (χ4v) is 4.70. The quantitative estimate of drug-likeness (QED) is 0.259. The number of hydrogen-bond acceptors (Lipinski definition) is 6. The largest absolute Gasteiger partial charge is 0.355 e. The van der Waals surface area contributed by atoms with Crippen LogP contribution in [0, 0.1) is 5.82 Å². The third-order valence-electron chi connectivity index (χ3n) is 5.21. The molecule has 5 aromatic rings. The average Bonchev–Trinajstić information content (AvgIpc) is 2.85. The first-order valence-electron chi connectivity index (χ1n) is 10.7. The summed E-state index contributed by atoms with van der Waals surface area (Å²) in [6, 6.07) is 23.1. The van der Waals surface area contributed by atoms with E-state index < -0.39 is 10.0 Å². The van der Waals surface area contributed by atoms with Crippen LogP contribution in [0.4, 0.5) is 32.8 Å². The minimum absolute atomic E-state index is 0.0829. The first-order valence-corrected chi connectivity index (χ1v) is 12.2. The maximum atomic E-state index is 13.8. The Labute approximate surface area is 201 Å². The van der Waals surface area contributed by atoms with Crippen molar-refractivity contribution < 1.29 is 12.8 Å². The number of anilines is 5. The zero-order valence-electron chi connectivity index (χ0n) is 18.3. The number of rotatable bonds is 7. The summed E-state index contributed by atoms with van der Waals surface area (Å²) in [6.45, 7) is 0. The van der Waals surface area contributed by atoms with Crippen LogP contribution in [0.3, 0.4) is 0 Å². The van der Waals surface area contributed by atoms with Gasteiger partial charge in [-0.05, 0) is 72.8 Å². The van der Waals surface area contributed by atoms with Crippen LogP contribution in [0.25, 0.3) is 10.9 Å². The Morgan fingerprint density at radius 3 is 2.26 bits per heavy atom. The van der Waals surface area contributed by atoms with Gasteiger partial charge in [0.05, 0.1) is 16.1 Å². The molecule has 7 nitrogen and oxygen atoms in total. The molecule has 0 aliphatic carbocycles. The van der Waals surface area contributed by atoms with E-state index in [1.165, 1.54) is 24.3 Å². The van der Waals surface area contributed by atoms with E-state index in [0.29, 0.717) is 28.0 Å². The van der Waals surface area contributed by atoms with Crippen molar-refractivity contribution in [1.82, 2.24) is 9.97 Å². The summed E-state index contributed by atoms with van der Waals surface area (Å²) < 4.78 is 42.6. The van der Waals surface area contributed by atoms with Gasteiger partial charge in [-0.2, -0.15) is 0 Å². The number of benzene rings is 3. The standard InChI is InChI=1S/C26H20FN5O2S/c27-18-7-8-25-24(15-18)26(11-14-29-25)31-21-4-2-6-23(17-21)35(33,34)32-22-5-1-3-20(16-22)30-19-9-12-28-13-10-19/h1-17,32H,(H,28,30)(H,29,31). The first kappa shape index (κ1) is 22.3. The number of fused-ring (bicyclic) bond motifs is 1. The van der Waals surface area contributed by atoms with E-state index in [-0.39, 0.29) is 10.7 Å². The minimum Gasteiger partial charge on any atom is -0.355 e. The van der Waals surface area contributed by atoms with Crippen LogP contribution in [-0.4, -0.2) is 18.4 Å². The molecule has 2 heterocycles. The van der Waals surface area contributed by atoms with Gasteiger partial charge in [-0.15, -0.1) is 0 Å². The monoisotopic (exact) mass is 485 g/mol. The van der Waals surface area contributed by atoms with Crippen molar-refractivity contribution in [3.05, 3.63) is 109 Å². The lowest BCUT2D eigenvalue weighted by molar-refractivity contribution is 0.601. The van der Waals surface area contributed by atoms with Gasteiger partial charge in [0.15, 0.2) is 0 Å². The molecule has 0 unspecified atom stereocenters. The Kier molecular flexibility index (Phi) is 5.99. The SMILES string of the molecule is O=S(=O)(Nc1cccc(Nc2ccncc2)c1)c1cccc(Nc2ccnc3ccc(F)cc23)c1. The molecular weight excluding hydrogens is 465 g/mol. The molecule has 0 fully saturated rings. The van der Waals surface area contributed by atoms with E-state index in [1.54, 1.807) is 61.1 Å². The molecular formula is C26H20FN5O2S. The molecule has 0 aliphatic rings. The highest BCUT2D eigenvalue weighted by Gasteiger charge is 2.15. The molecule has 0 saturated carbocycles. The molecule has 0 aliphatic heterocycles. The summed E-state index contributed by atoms with van der Waals surface area (Å²) in [7, 11) is -3.87. The maximum Gasteiger partial charge on any atom is 0.261 e. The highest BCUT2D eigenvalue weighted by atomic mass is 32.2. The van der Waals surface area contributed by atoms with Crippen molar-refractivity contribution in [2.24, 2.45) is 0 Å². The van der Waals surface area contributed by atoms with E-state index in [2.05, 4.69) is 25.3 Å². The Bertz CT molecular complexity index is 1610. The average molecular weight is 486 g/mol. The molecule has 0 saturated heterocycles. The van der Waals surface area contributed by atoms with Crippen molar-refractivity contribution in [2.75, 3.05) is 15.4 Å². The van der Waals surface area contributed by atoms with Crippen molar-refractivity contribution in [2.45, 2.75) is 4.90 Å². The predicted octanol–water partition coefficient (Wildman–Crippen LogP) is 6.06. The Hall–Kier alpha value is -4.50. The minimum atomic E-state index is -3.87. The Morgan fingerprint density at radius 2 is 1.43 bits per heavy atom.